The zero-order valence-electron chi connectivity index (χ0n) is 36.8. The number of allylic oxidation sites excluding steroid dienone is 2. The van der Waals surface area contributed by atoms with Crippen molar-refractivity contribution in [1.82, 2.24) is 0 Å². The Bertz CT molecular complexity index is 1280. The molecule has 0 heterocycles. The Balaban J connectivity index is 0.0000314. The van der Waals surface area contributed by atoms with Crippen molar-refractivity contribution in [3.05, 3.63) is 53.6 Å². The smallest absolute Gasteiger partial charge is 0.744 e. The van der Waals surface area contributed by atoms with Gasteiger partial charge in [0.1, 0.15) is 23.3 Å². The number of ether oxygens (including phenoxy) is 2. The Morgan fingerprint density at radius 1 is 0.491 bits per heavy atom. The van der Waals surface area contributed by atoms with Gasteiger partial charge in [0, 0.05) is 0 Å². The number of esters is 2. The molecule has 0 aliphatic carbocycles. The molecule has 0 N–H and O–H groups in total. The molecule has 1 aromatic rings. The molecular weight excluding hydrogens is 760 g/mol. The quantitative estimate of drug-likeness (QED) is 0.0213. The van der Waals surface area contributed by atoms with E-state index >= 15 is 0 Å². The minimum atomic E-state index is -5.04. The zero-order valence-corrected chi connectivity index (χ0v) is 40.8. The van der Waals surface area contributed by atoms with Crippen LogP contribution in [0.15, 0.2) is 47.4 Å². The molecule has 1 aromatic carbocycles. The number of benzene rings is 1. The summed E-state index contributed by atoms with van der Waals surface area (Å²) < 4.78 is 46.5. The maximum Gasteiger partial charge on any atom is 1.00 e. The Hall–Kier alpha value is -0.814. The third-order valence-corrected chi connectivity index (χ3v) is 11.5. The number of hydrogen-bond donors (Lipinski definition) is 0. The van der Waals surface area contributed by atoms with Crippen LogP contribution in [0.1, 0.15) is 240 Å². The van der Waals surface area contributed by atoms with Gasteiger partial charge in [0.2, 0.25) is 0 Å². The Labute approximate surface area is 392 Å². The normalized spacial score (nSPS) is 11.7. The van der Waals surface area contributed by atoms with Gasteiger partial charge in [0.25, 0.3) is 0 Å². The molecule has 1 rings (SSSR count). The average Bonchev–Trinajstić information content (AvgIpc) is 3.18. The van der Waals surface area contributed by atoms with Gasteiger partial charge in [-0.1, -0.05) is 224 Å². The third kappa shape index (κ3) is 32.6. The number of unbranched alkanes of at least 4 members (excludes halogenated alkanes) is 30. The van der Waals surface area contributed by atoms with Crippen molar-refractivity contribution >= 4 is 22.1 Å². The van der Waals surface area contributed by atoms with E-state index in [1.807, 2.05) is 12.2 Å². The van der Waals surface area contributed by atoms with Crippen LogP contribution in [0.25, 0.3) is 0 Å². The fourth-order valence-electron chi connectivity index (χ4n) is 7.16. The summed E-state index contributed by atoms with van der Waals surface area (Å²) in [5, 5.41) is 0. The molecule has 0 radical (unpaired) electrons. The van der Waals surface area contributed by atoms with Crippen LogP contribution in [-0.4, -0.2) is 38.1 Å². The molecule has 0 spiro atoms. The first-order chi connectivity index (χ1) is 27.3. The first kappa shape index (κ1) is 56.2. The molecule has 7 nitrogen and oxygen atoms in total. The minimum Gasteiger partial charge on any atom is -0.744 e. The molecule has 57 heavy (non-hydrogen) atoms. The fourth-order valence-corrected chi connectivity index (χ4v) is 7.84. The third-order valence-electron chi connectivity index (χ3n) is 10.6. The summed E-state index contributed by atoms with van der Waals surface area (Å²) in [6.45, 7) is 4.40. The van der Waals surface area contributed by atoms with Crippen LogP contribution < -0.4 is 51.4 Å². The molecular formula is C48H81KO7S. The van der Waals surface area contributed by atoms with Crippen LogP contribution in [0.2, 0.25) is 0 Å². The molecule has 0 bridgehead atoms. The summed E-state index contributed by atoms with van der Waals surface area (Å²) in [7, 11) is -5.04. The van der Waals surface area contributed by atoms with Gasteiger partial charge in [-0.05, 0) is 37.8 Å². The molecule has 0 aliphatic rings. The first-order valence-electron chi connectivity index (χ1n) is 23.1. The minimum absolute atomic E-state index is 0. The van der Waals surface area contributed by atoms with E-state index in [2.05, 4.69) is 13.8 Å². The topological polar surface area (TPSA) is 110 Å². The van der Waals surface area contributed by atoms with Crippen LogP contribution in [0.3, 0.4) is 0 Å². The van der Waals surface area contributed by atoms with E-state index in [1.54, 1.807) is 12.2 Å². The van der Waals surface area contributed by atoms with Crippen molar-refractivity contribution < 1.29 is 83.4 Å². The van der Waals surface area contributed by atoms with Gasteiger partial charge >= 0.3 is 63.3 Å². The van der Waals surface area contributed by atoms with E-state index < -0.39 is 32.5 Å². The average molecular weight is 841 g/mol. The second-order valence-corrected chi connectivity index (χ2v) is 17.1. The largest absolute Gasteiger partial charge is 1.00 e. The van der Waals surface area contributed by atoms with Gasteiger partial charge in [-0.25, -0.2) is 18.0 Å². The molecule has 0 aromatic heterocycles. The van der Waals surface area contributed by atoms with Crippen molar-refractivity contribution in [2.45, 2.75) is 224 Å². The molecule has 0 saturated heterocycles. The van der Waals surface area contributed by atoms with Crippen molar-refractivity contribution in [2.75, 3.05) is 13.2 Å². The van der Waals surface area contributed by atoms with Crippen LogP contribution in [-0.2, 0) is 19.6 Å². The number of carbonyl (C=O) groups is 2. The maximum absolute atomic E-state index is 13.0. The van der Waals surface area contributed by atoms with E-state index in [0.717, 1.165) is 38.2 Å². The molecule has 0 aliphatic heterocycles. The van der Waals surface area contributed by atoms with Crippen molar-refractivity contribution in [3.8, 4) is 0 Å². The molecule has 0 saturated carbocycles. The van der Waals surface area contributed by atoms with Gasteiger partial charge in [0.05, 0.1) is 16.0 Å². The van der Waals surface area contributed by atoms with Crippen molar-refractivity contribution in [2.24, 2.45) is 0 Å². The van der Waals surface area contributed by atoms with Gasteiger partial charge in [0.15, 0.2) is 0 Å². The number of carbonyl (C=O) groups excluding carboxylic acids is 2. The van der Waals surface area contributed by atoms with E-state index in [0.29, 0.717) is 0 Å². The number of rotatable bonds is 39. The summed E-state index contributed by atoms with van der Waals surface area (Å²) >= 11 is 0. The molecule has 322 valence electrons. The van der Waals surface area contributed by atoms with Crippen LogP contribution >= 0.6 is 0 Å². The van der Waals surface area contributed by atoms with Crippen molar-refractivity contribution in [3.63, 3.8) is 0 Å². The second-order valence-electron chi connectivity index (χ2n) is 15.7. The zero-order chi connectivity index (χ0) is 40.8. The molecule has 0 atom stereocenters. The molecule has 0 amide bonds. The predicted molar refractivity (Wildman–Crippen MR) is 232 cm³/mol. The van der Waals surface area contributed by atoms with Gasteiger partial charge in [-0.15, -0.1) is 0 Å². The summed E-state index contributed by atoms with van der Waals surface area (Å²) in [4.78, 5) is 25.1. The summed E-state index contributed by atoms with van der Waals surface area (Å²) in [6, 6.07) is 3.54. The Kier molecular flexibility index (Phi) is 40.0. The molecule has 0 fully saturated rings. The van der Waals surface area contributed by atoms with Crippen molar-refractivity contribution in [1.29, 1.82) is 0 Å². The fraction of sp³-hybridized carbons (Fsp3) is 0.750. The van der Waals surface area contributed by atoms with Gasteiger partial charge in [-0.2, -0.15) is 0 Å². The Morgan fingerprint density at radius 2 is 0.807 bits per heavy atom. The van der Waals surface area contributed by atoms with Crippen LogP contribution in [0.4, 0.5) is 0 Å². The van der Waals surface area contributed by atoms with E-state index in [-0.39, 0.29) is 70.2 Å². The monoisotopic (exact) mass is 841 g/mol. The summed E-state index contributed by atoms with van der Waals surface area (Å²) in [5.74, 6) is -1.94. The van der Waals surface area contributed by atoms with E-state index in [4.69, 9.17) is 9.47 Å². The van der Waals surface area contributed by atoms with Crippen LogP contribution in [0, 0.1) is 0 Å². The standard InChI is InChI=1S/C48H82O7S.K/c1-3-5-7-9-11-13-15-17-19-21-23-25-27-29-31-33-35-37-42-54-47(49)44-40-39-41-45(56(51,52)53)46(44)48(50)55-43-38-36-34-32-30-28-26-24-22-20-18-16-14-12-10-8-6-4-2;/h35-41H,3-34,42-43H2,1-2H3,(H,51,52,53);/q;+1/p-1/b37-35+,38-36+;. The van der Waals surface area contributed by atoms with E-state index in [1.165, 1.54) is 185 Å². The predicted octanol–water partition coefficient (Wildman–Crippen LogP) is 11.5. The number of hydrogen-bond acceptors (Lipinski definition) is 7. The van der Waals surface area contributed by atoms with Crippen LogP contribution in [0.5, 0.6) is 0 Å². The maximum atomic E-state index is 13.0. The molecule has 9 heteroatoms. The second kappa shape index (κ2) is 40.6. The van der Waals surface area contributed by atoms with Gasteiger partial charge < -0.3 is 14.0 Å². The molecule has 0 unspecified atom stereocenters. The van der Waals surface area contributed by atoms with Gasteiger partial charge in [-0.3, -0.25) is 0 Å². The van der Waals surface area contributed by atoms with E-state index in [9.17, 15) is 22.6 Å². The SMILES string of the molecule is CCCCCCCCCCCCCCCCC/C=C/COC(=O)c1cccc(S(=O)(=O)[O-])c1C(=O)OC/C=C/CCCCCCCCCCCCCCCCC.[K+]. The summed E-state index contributed by atoms with van der Waals surface area (Å²) in [5.41, 5.74) is -0.880. The summed E-state index contributed by atoms with van der Waals surface area (Å²) in [6.07, 6.45) is 48.5. The Morgan fingerprint density at radius 3 is 1.14 bits per heavy atom. The first-order valence-corrected chi connectivity index (χ1v) is 24.5.